The number of piperidine rings is 1. The highest BCUT2D eigenvalue weighted by atomic mass is 35.5. The summed E-state index contributed by atoms with van der Waals surface area (Å²) in [4.78, 5) is 11.3. The standard InChI is InChI=1S/C14H18N2O2.ClH/c17-14-4-1-10-9-12(2-3-13(10)16-14)18-11-5-7-15-8-6-11;/h2-3,9,11,15H,1,4-8H2,(H,16,17);1H. The van der Waals surface area contributed by atoms with Crippen LogP contribution in [-0.4, -0.2) is 25.1 Å². The van der Waals surface area contributed by atoms with Gasteiger partial charge in [0.15, 0.2) is 0 Å². The molecular weight excluding hydrogens is 264 g/mol. The molecule has 0 aliphatic carbocycles. The number of ether oxygens (including phenoxy) is 1. The molecule has 104 valence electrons. The summed E-state index contributed by atoms with van der Waals surface area (Å²) in [5.74, 6) is 1.03. The zero-order chi connectivity index (χ0) is 12.4. The van der Waals surface area contributed by atoms with E-state index in [4.69, 9.17) is 4.74 Å². The van der Waals surface area contributed by atoms with Gasteiger partial charge in [0.2, 0.25) is 5.91 Å². The smallest absolute Gasteiger partial charge is 0.224 e. The van der Waals surface area contributed by atoms with Crippen LogP contribution in [-0.2, 0) is 11.2 Å². The minimum Gasteiger partial charge on any atom is -0.490 e. The molecule has 0 atom stereocenters. The lowest BCUT2D eigenvalue weighted by atomic mass is 10.0. The number of halogens is 1. The number of benzene rings is 1. The first-order valence-electron chi connectivity index (χ1n) is 6.61. The van der Waals surface area contributed by atoms with Gasteiger partial charge in [0, 0.05) is 12.1 Å². The first kappa shape index (κ1) is 14.2. The first-order chi connectivity index (χ1) is 8.81. The zero-order valence-corrected chi connectivity index (χ0v) is 11.6. The van der Waals surface area contributed by atoms with Crippen molar-refractivity contribution in [2.24, 2.45) is 0 Å². The molecule has 1 fully saturated rings. The highest BCUT2D eigenvalue weighted by Crippen LogP contribution is 2.28. The zero-order valence-electron chi connectivity index (χ0n) is 10.8. The van der Waals surface area contributed by atoms with E-state index in [1.807, 2.05) is 12.1 Å². The van der Waals surface area contributed by atoms with Gasteiger partial charge in [-0.25, -0.2) is 0 Å². The molecule has 0 radical (unpaired) electrons. The number of rotatable bonds is 2. The van der Waals surface area contributed by atoms with E-state index in [1.165, 1.54) is 5.56 Å². The molecule has 2 heterocycles. The second kappa shape index (κ2) is 6.26. The molecule has 2 aliphatic heterocycles. The Balaban J connectivity index is 0.00000133. The van der Waals surface area contributed by atoms with Crippen LogP contribution >= 0.6 is 12.4 Å². The Bertz CT molecular complexity index is 459. The Morgan fingerprint density at radius 3 is 2.74 bits per heavy atom. The van der Waals surface area contributed by atoms with Crippen LogP contribution < -0.4 is 15.4 Å². The number of fused-ring (bicyclic) bond motifs is 1. The van der Waals surface area contributed by atoms with Crippen LogP contribution in [0, 0.1) is 0 Å². The van der Waals surface area contributed by atoms with Crippen molar-refractivity contribution in [3.63, 3.8) is 0 Å². The topological polar surface area (TPSA) is 50.4 Å². The lowest BCUT2D eigenvalue weighted by Crippen LogP contribution is -2.34. The van der Waals surface area contributed by atoms with Gasteiger partial charge in [0.1, 0.15) is 11.9 Å². The fourth-order valence-corrected chi connectivity index (χ4v) is 2.54. The predicted molar refractivity (Wildman–Crippen MR) is 77.2 cm³/mol. The molecule has 0 saturated carbocycles. The molecule has 1 aromatic carbocycles. The van der Waals surface area contributed by atoms with Crippen molar-refractivity contribution in [2.45, 2.75) is 31.8 Å². The molecule has 5 heteroatoms. The van der Waals surface area contributed by atoms with Crippen LogP contribution in [0.1, 0.15) is 24.8 Å². The van der Waals surface area contributed by atoms with Gasteiger partial charge in [-0.15, -0.1) is 12.4 Å². The molecule has 4 nitrogen and oxygen atoms in total. The van der Waals surface area contributed by atoms with Gasteiger partial charge in [-0.2, -0.15) is 0 Å². The van der Waals surface area contributed by atoms with Crippen LogP contribution in [0.2, 0.25) is 0 Å². The molecule has 0 bridgehead atoms. The van der Waals surface area contributed by atoms with E-state index in [1.54, 1.807) is 0 Å². The molecule has 2 aliphatic rings. The SMILES string of the molecule is Cl.O=C1CCc2cc(OC3CCNCC3)ccc2N1. The maximum absolute atomic E-state index is 11.3. The average molecular weight is 283 g/mol. The van der Waals surface area contributed by atoms with Crippen molar-refractivity contribution in [3.05, 3.63) is 23.8 Å². The Labute approximate surface area is 119 Å². The van der Waals surface area contributed by atoms with Crippen molar-refractivity contribution in [1.29, 1.82) is 0 Å². The first-order valence-corrected chi connectivity index (χ1v) is 6.61. The Morgan fingerprint density at radius 1 is 1.16 bits per heavy atom. The Hall–Kier alpha value is -1.26. The summed E-state index contributed by atoms with van der Waals surface area (Å²) in [6.07, 6.45) is 3.83. The third-order valence-corrected chi connectivity index (χ3v) is 3.56. The summed E-state index contributed by atoms with van der Waals surface area (Å²) in [6.45, 7) is 2.07. The molecule has 2 N–H and O–H groups in total. The summed E-state index contributed by atoms with van der Waals surface area (Å²) in [7, 11) is 0. The van der Waals surface area contributed by atoms with E-state index in [9.17, 15) is 4.79 Å². The van der Waals surface area contributed by atoms with Crippen LogP contribution in [0.5, 0.6) is 5.75 Å². The number of amides is 1. The summed E-state index contributed by atoms with van der Waals surface area (Å²) >= 11 is 0. The molecular formula is C14H19ClN2O2. The molecule has 0 spiro atoms. The van der Waals surface area contributed by atoms with E-state index in [-0.39, 0.29) is 18.3 Å². The van der Waals surface area contributed by atoms with Gasteiger partial charge in [0.25, 0.3) is 0 Å². The van der Waals surface area contributed by atoms with Gasteiger partial charge in [-0.3, -0.25) is 4.79 Å². The fraction of sp³-hybridized carbons (Fsp3) is 0.500. The van der Waals surface area contributed by atoms with E-state index < -0.39 is 0 Å². The van der Waals surface area contributed by atoms with E-state index in [0.29, 0.717) is 12.5 Å². The molecule has 3 rings (SSSR count). The van der Waals surface area contributed by atoms with Crippen LogP contribution in [0.25, 0.3) is 0 Å². The number of nitrogens with one attached hydrogen (secondary N) is 2. The molecule has 0 unspecified atom stereocenters. The number of carbonyl (C=O) groups excluding carboxylic acids is 1. The molecule has 1 amide bonds. The van der Waals surface area contributed by atoms with Crippen molar-refractivity contribution < 1.29 is 9.53 Å². The lowest BCUT2D eigenvalue weighted by molar-refractivity contribution is -0.116. The molecule has 1 saturated heterocycles. The maximum Gasteiger partial charge on any atom is 0.224 e. The normalized spacial score (nSPS) is 19.1. The second-order valence-electron chi connectivity index (χ2n) is 4.93. The number of carbonyl (C=O) groups is 1. The predicted octanol–water partition coefficient (Wildman–Crippen LogP) is 2.12. The average Bonchev–Trinajstić information content (AvgIpc) is 2.40. The van der Waals surface area contributed by atoms with E-state index in [2.05, 4.69) is 16.7 Å². The van der Waals surface area contributed by atoms with E-state index in [0.717, 1.165) is 43.8 Å². The van der Waals surface area contributed by atoms with Gasteiger partial charge in [-0.05, 0) is 56.1 Å². The maximum atomic E-state index is 11.3. The van der Waals surface area contributed by atoms with Crippen LogP contribution in [0.3, 0.4) is 0 Å². The van der Waals surface area contributed by atoms with Gasteiger partial charge in [0.05, 0.1) is 0 Å². The summed E-state index contributed by atoms with van der Waals surface area (Å²) < 4.78 is 6.00. The van der Waals surface area contributed by atoms with Crippen molar-refractivity contribution in [1.82, 2.24) is 5.32 Å². The lowest BCUT2D eigenvalue weighted by Gasteiger charge is -2.25. The molecule has 1 aromatic rings. The number of hydrogen-bond acceptors (Lipinski definition) is 3. The summed E-state index contributed by atoms with van der Waals surface area (Å²) in [5.41, 5.74) is 2.12. The largest absolute Gasteiger partial charge is 0.490 e. The minimum absolute atomic E-state index is 0. The number of anilines is 1. The van der Waals surface area contributed by atoms with Crippen molar-refractivity contribution >= 4 is 24.0 Å². The molecule has 19 heavy (non-hydrogen) atoms. The van der Waals surface area contributed by atoms with Gasteiger partial charge >= 0.3 is 0 Å². The highest BCUT2D eigenvalue weighted by molar-refractivity contribution is 5.93. The Kier molecular flexibility index (Phi) is 4.66. The minimum atomic E-state index is 0. The van der Waals surface area contributed by atoms with Gasteiger partial charge < -0.3 is 15.4 Å². The summed E-state index contributed by atoms with van der Waals surface area (Å²) in [5, 5.41) is 6.21. The molecule has 0 aromatic heterocycles. The third kappa shape index (κ3) is 3.39. The van der Waals surface area contributed by atoms with Gasteiger partial charge in [-0.1, -0.05) is 0 Å². The monoisotopic (exact) mass is 282 g/mol. The quantitative estimate of drug-likeness (QED) is 0.874. The third-order valence-electron chi connectivity index (χ3n) is 3.56. The van der Waals surface area contributed by atoms with Crippen LogP contribution in [0.15, 0.2) is 18.2 Å². The number of aryl methyl sites for hydroxylation is 1. The summed E-state index contributed by atoms with van der Waals surface area (Å²) in [6, 6.07) is 5.96. The van der Waals surface area contributed by atoms with Crippen LogP contribution in [0.4, 0.5) is 5.69 Å². The second-order valence-corrected chi connectivity index (χ2v) is 4.93. The van der Waals surface area contributed by atoms with E-state index >= 15 is 0 Å². The Morgan fingerprint density at radius 2 is 1.95 bits per heavy atom. The van der Waals surface area contributed by atoms with Crippen molar-refractivity contribution in [2.75, 3.05) is 18.4 Å². The number of hydrogen-bond donors (Lipinski definition) is 2. The highest BCUT2D eigenvalue weighted by Gasteiger charge is 2.17. The fourth-order valence-electron chi connectivity index (χ4n) is 2.54. The van der Waals surface area contributed by atoms with Crippen molar-refractivity contribution in [3.8, 4) is 5.75 Å².